The number of rotatable bonds is 1. The highest BCUT2D eigenvalue weighted by atomic mass is 16.5. The summed E-state index contributed by atoms with van der Waals surface area (Å²) in [6.45, 7) is 6.54. The van der Waals surface area contributed by atoms with Gasteiger partial charge in [0, 0.05) is 25.7 Å². The van der Waals surface area contributed by atoms with Gasteiger partial charge in [-0.2, -0.15) is 0 Å². The van der Waals surface area contributed by atoms with E-state index in [1.54, 1.807) is 0 Å². The van der Waals surface area contributed by atoms with E-state index < -0.39 is 0 Å². The van der Waals surface area contributed by atoms with E-state index in [9.17, 15) is 4.79 Å². The molecule has 17 heavy (non-hydrogen) atoms. The Hall–Kier alpha value is -0.610. The standard InChI is InChI=1S/C13H24N2O2/c1-13(2)9-15(7-6-11(13)14)12(16)10-5-3-4-8-17-10/h10-11H,3-9,14H2,1-2H3. The first kappa shape index (κ1) is 12.8. The molecule has 2 aliphatic rings. The number of likely N-dealkylation sites (tertiary alicyclic amines) is 1. The van der Waals surface area contributed by atoms with Crippen molar-refractivity contribution in [2.75, 3.05) is 19.7 Å². The van der Waals surface area contributed by atoms with Crippen molar-refractivity contribution in [1.29, 1.82) is 0 Å². The van der Waals surface area contributed by atoms with Crippen LogP contribution < -0.4 is 5.73 Å². The average Bonchev–Trinajstić information content (AvgIpc) is 2.33. The van der Waals surface area contributed by atoms with Crippen molar-refractivity contribution >= 4 is 5.91 Å². The molecule has 0 aromatic carbocycles. The molecule has 0 spiro atoms. The lowest BCUT2D eigenvalue weighted by Gasteiger charge is -2.43. The molecule has 0 aliphatic carbocycles. The number of hydrogen-bond donors (Lipinski definition) is 1. The van der Waals surface area contributed by atoms with E-state index in [2.05, 4.69) is 13.8 Å². The number of amides is 1. The number of carbonyl (C=O) groups excluding carboxylic acids is 1. The molecule has 2 heterocycles. The van der Waals surface area contributed by atoms with E-state index in [1.807, 2.05) is 4.90 Å². The first-order valence-corrected chi connectivity index (χ1v) is 6.67. The van der Waals surface area contributed by atoms with Crippen LogP contribution in [0.15, 0.2) is 0 Å². The average molecular weight is 240 g/mol. The van der Waals surface area contributed by atoms with Gasteiger partial charge in [0.05, 0.1) is 0 Å². The Balaban J connectivity index is 1.95. The van der Waals surface area contributed by atoms with Crippen LogP contribution >= 0.6 is 0 Å². The zero-order valence-electron chi connectivity index (χ0n) is 10.9. The number of hydrogen-bond acceptors (Lipinski definition) is 3. The number of piperidine rings is 1. The molecule has 2 unspecified atom stereocenters. The van der Waals surface area contributed by atoms with Crippen LogP contribution in [0.2, 0.25) is 0 Å². The summed E-state index contributed by atoms with van der Waals surface area (Å²) in [5, 5.41) is 0. The SMILES string of the molecule is CC1(C)CN(C(=O)C2CCCCO2)CCC1N. The molecule has 2 aliphatic heterocycles. The Bertz CT molecular complexity index is 285. The van der Waals surface area contributed by atoms with Crippen molar-refractivity contribution in [3.63, 3.8) is 0 Å². The molecule has 4 nitrogen and oxygen atoms in total. The van der Waals surface area contributed by atoms with E-state index in [0.717, 1.165) is 45.4 Å². The maximum atomic E-state index is 12.3. The van der Waals surface area contributed by atoms with Crippen LogP contribution in [-0.2, 0) is 9.53 Å². The monoisotopic (exact) mass is 240 g/mol. The zero-order valence-corrected chi connectivity index (χ0v) is 10.9. The molecule has 2 rings (SSSR count). The minimum atomic E-state index is -0.200. The maximum absolute atomic E-state index is 12.3. The summed E-state index contributed by atoms with van der Waals surface area (Å²) in [6, 6.07) is 0.193. The van der Waals surface area contributed by atoms with Gasteiger partial charge < -0.3 is 15.4 Å². The first-order chi connectivity index (χ1) is 8.00. The summed E-state index contributed by atoms with van der Waals surface area (Å²) in [6.07, 6.45) is 3.76. The topological polar surface area (TPSA) is 55.6 Å². The second-order valence-electron chi connectivity index (χ2n) is 6.00. The summed E-state index contributed by atoms with van der Waals surface area (Å²) >= 11 is 0. The summed E-state index contributed by atoms with van der Waals surface area (Å²) in [5.41, 5.74) is 6.10. The van der Waals surface area contributed by atoms with E-state index in [4.69, 9.17) is 10.5 Å². The minimum absolute atomic E-state index is 0.0164. The summed E-state index contributed by atoms with van der Waals surface area (Å²) in [5.74, 6) is 0.171. The molecule has 0 aromatic heterocycles. The fraction of sp³-hybridized carbons (Fsp3) is 0.923. The first-order valence-electron chi connectivity index (χ1n) is 6.67. The number of nitrogens with zero attached hydrogens (tertiary/aromatic N) is 1. The summed E-state index contributed by atoms with van der Waals surface area (Å²) < 4.78 is 5.57. The van der Waals surface area contributed by atoms with Gasteiger partial charge in [-0.3, -0.25) is 4.79 Å². The van der Waals surface area contributed by atoms with E-state index in [1.165, 1.54) is 0 Å². The van der Waals surface area contributed by atoms with E-state index in [-0.39, 0.29) is 23.5 Å². The van der Waals surface area contributed by atoms with Crippen LogP contribution in [0.1, 0.15) is 39.5 Å². The van der Waals surface area contributed by atoms with Gasteiger partial charge in [-0.15, -0.1) is 0 Å². The Morgan fingerprint density at radius 2 is 2.12 bits per heavy atom. The molecule has 0 bridgehead atoms. The minimum Gasteiger partial charge on any atom is -0.368 e. The zero-order chi connectivity index (χ0) is 12.5. The third kappa shape index (κ3) is 2.80. The van der Waals surface area contributed by atoms with Crippen molar-refractivity contribution in [3.8, 4) is 0 Å². The van der Waals surface area contributed by atoms with Crippen LogP contribution in [0.4, 0.5) is 0 Å². The molecule has 0 radical (unpaired) electrons. The normalized spacial score (nSPS) is 33.5. The molecular formula is C13H24N2O2. The Labute approximate surface area is 103 Å². The van der Waals surface area contributed by atoms with Crippen LogP contribution in [0, 0.1) is 5.41 Å². The van der Waals surface area contributed by atoms with Crippen LogP contribution in [0.25, 0.3) is 0 Å². The van der Waals surface area contributed by atoms with Crippen molar-refractivity contribution in [2.24, 2.45) is 11.1 Å². The van der Waals surface area contributed by atoms with Gasteiger partial charge in [-0.25, -0.2) is 0 Å². The lowest BCUT2D eigenvalue weighted by Crippen LogP contribution is -2.56. The fourth-order valence-corrected chi connectivity index (χ4v) is 2.70. The highest BCUT2D eigenvalue weighted by molar-refractivity contribution is 5.81. The third-order valence-corrected chi connectivity index (χ3v) is 4.08. The summed E-state index contributed by atoms with van der Waals surface area (Å²) in [7, 11) is 0. The molecule has 2 fully saturated rings. The Morgan fingerprint density at radius 3 is 2.71 bits per heavy atom. The highest BCUT2D eigenvalue weighted by Gasteiger charge is 2.37. The van der Waals surface area contributed by atoms with Gasteiger partial charge >= 0.3 is 0 Å². The number of nitrogens with two attached hydrogens (primary N) is 1. The van der Waals surface area contributed by atoms with Crippen molar-refractivity contribution < 1.29 is 9.53 Å². The second-order valence-corrected chi connectivity index (χ2v) is 6.00. The van der Waals surface area contributed by atoms with Gasteiger partial charge in [0.25, 0.3) is 5.91 Å². The number of ether oxygens (including phenoxy) is 1. The Morgan fingerprint density at radius 1 is 1.35 bits per heavy atom. The summed E-state index contributed by atoms with van der Waals surface area (Å²) in [4.78, 5) is 14.3. The van der Waals surface area contributed by atoms with Crippen molar-refractivity contribution in [1.82, 2.24) is 4.90 Å². The molecule has 0 saturated carbocycles. The van der Waals surface area contributed by atoms with Gasteiger partial charge in [-0.05, 0) is 31.1 Å². The molecular weight excluding hydrogens is 216 g/mol. The molecule has 4 heteroatoms. The highest BCUT2D eigenvalue weighted by Crippen LogP contribution is 2.29. The fourth-order valence-electron chi connectivity index (χ4n) is 2.70. The second kappa shape index (κ2) is 4.94. The maximum Gasteiger partial charge on any atom is 0.251 e. The van der Waals surface area contributed by atoms with Crippen LogP contribution in [0.3, 0.4) is 0 Å². The molecule has 98 valence electrons. The number of carbonyl (C=O) groups is 1. The van der Waals surface area contributed by atoms with Crippen molar-refractivity contribution in [2.45, 2.75) is 51.7 Å². The Kier molecular flexibility index (Phi) is 3.73. The van der Waals surface area contributed by atoms with Gasteiger partial charge in [0.15, 0.2) is 0 Å². The molecule has 2 atom stereocenters. The van der Waals surface area contributed by atoms with E-state index >= 15 is 0 Å². The smallest absolute Gasteiger partial charge is 0.251 e. The lowest BCUT2D eigenvalue weighted by molar-refractivity contribution is -0.149. The van der Waals surface area contributed by atoms with Crippen molar-refractivity contribution in [3.05, 3.63) is 0 Å². The largest absolute Gasteiger partial charge is 0.368 e. The molecule has 1 amide bonds. The van der Waals surface area contributed by atoms with Crippen LogP contribution in [-0.4, -0.2) is 42.6 Å². The van der Waals surface area contributed by atoms with Crippen LogP contribution in [0.5, 0.6) is 0 Å². The lowest BCUT2D eigenvalue weighted by atomic mass is 9.79. The predicted octanol–water partition coefficient (Wildman–Crippen LogP) is 1.14. The van der Waals surface area contributed by atoms with Gasteiger partial charge in [-0.1, -0.05) is 13.8 Å². The molecule has 2 saturated heterocycles. The molecule has 2 N–H and O–H groups in total. The van der Waals surface area contributed by atoms with E-state index in [0.29, 0.717) is 0 Å². The van der Waals surface area contributed by atoms with Gasteiger partial charge in [0.2, 0.25) is 0 Å². The predicted molar refractivity (Wildman–Crippen MR) is 66.5 cm³/mol. The quantitative estimate of drug-likeness (QED) is 0.748. The molecule has 0 aromatic rings. The third-order valence-electron chi connectivity index (χ3n) is 4.08. The van der Waals surface area contributed by atoms with Gasteiger partial charge in [0.1, 0.15) is 6.10 Å².